The standard InChI is InChI=1S/C14H18O3/c1-11(2)13(15)17-14(8-4-3-5-9-14)12-7-6-10-16-12/h6-7,10H,1,3-5,8-9H2,2H3. The quantitative estimate of drug-likeness (QED) is 0.593. The van der Waals surface area contributed by atoms with Crippen molar-refractivity contribution >= 4 is 5.97 Å². The van der Waals surface area contributed by atoms with E-state index < -0.39 is 5.60 Å². The molecule has 0 amide bonds. The van der Waals surface area contributed by atoms with E-state index in [4.69, 9.17) is 9.15 Å². The molecule has 0 bridgehead atoms. The van der Waals surface area contributed by atoms with Crippen molar-refractivity contribution in [2.45, 2.75) is 44.6 Å². The van der Waals surface area contributed by atoms with Crippen LogP contribution in [-0.4, -0.2) is 5.97 Å². The number of carbonyl (C=O) groups is 1. The normalized spacial score (nSPS) is 18.6. The second-order valence-electron chi connectivity index (χ2n) is 4.70. The molecule has 1 saturated carbocycles. The van der Waals surface area contributed by atoms with Crippen LogP contribution in [0, 0.1) is 0 Å². The lowest BCUT2D eigenvalue weighted by Crippen LogP contribution is -2.34. The minimum absolute atomic E-state index is 0.330. The Morgan fingerprint density at radius 1 is 1.41 bits per heavy atom. The summed E-state index contributed by atoms with van der Waals surface area (Å²) < 4.78 is 11.1. The lowest BCUT2D eigenvalue weighted by atomic mass is 9.82. The van der Waals surface area contributed by atoms with Crippen molar-refractivity contribution in [2.75, 3.05) is 0 Å². The average Bonchev–Trinajstić information content (AvgIpc) is 2.84. The lowest BCUT2D eigenvalue weighted by molar-refractivity contribution is -0.162. The van der Waals surface area contributed by atoms with Crippen molar-refractivity contribution in [3.05, 3.63) is 36.3 Å². The fraction of sp³-hybridized carbons (Fsp3) is 0.500. The van der Waals surface area contributed by atoms with E-state index in [1.807, 2.05) is 12.1 Å². The number of rotatable bonds is 3. The summed E-state index contributed by atoms with van der Waals surface area (Å²) in [6.07, 6.45) is 6.60. The van der Waals surface area contributed by atoms with Gasteiger partial charge in [0.15, 0.2) is 5.60 Å². The molecule has 1 aliphatic carbocycles. The smallest absolute Gasteiger partial charge is 0.334 e. The fourth-order valence-corrected chi connectivity index (χ4v) is 2.32. The number of hydrogen-bond acceptors (Lipinski definition) is 3. The van der Waals surface area contributed by atoms with E-state index >= 15 is 0 Å². The Bertz CT molecular complexity index is 397. The molecule has 0 radical (unpaired) electrons. The van der Waals surface area contributed by atoms with E-state index in [0.717, 1.165) is 31.4 Å². The second-order valence-corrected chi connectivity index (χ2v) is 4.70. The first-order valence-electron chi connectivity index (χ1n) is 6.07. The van der Waals surface area contributed by atoms with Crippen LogP contribution < -0.4 is 0 Å². The Hall–Kier alpha value is -1.51. The van der Waals surface area contributed by atoms with E-state index in [9.17, 15) is 4.79 Å². The summed E-state index contributed by atoms with van der Waals surface area (Å²) in [5, 5.41) is 0. The molecule has 17 heavy (non-hydrogen) atoms. The zero-order valence-corrected chi connectivity index (χ0v) is 10.2. The molecule has 0 unspecified atom stereocenters. The van der Waals surface area contributed by atoms with Gasteiger partial charge in [0, 0.05) is 5.57 Å². The molecule has 0 spiro atoms. The van der Waals surface area contributed by atoms with Crippen LogP contribution in [-0.2, 0) is 15.1 Å². The molecular weight excluding hydrogens is 216 g/mol. The SMILES string of the molecule is C=C(C)C(=O)OC1(c2ccco2)CCCCC1. The first-order valence-corrected chi connectivity index (χ1v) is 6.07. The lowest BCUT2D eigenvalue weighted by Gasteiger charge is -2.35. The van der Waals surface area contributed by atoms with Gasteiger partial charge in [-0.05, 0) is 44.7 Å². The molecule has 1 fully saturated rings. The monoisotopic (exact) mass is 234 g/mol. The number of ether oxygens (including phenoxy) is 1. The molecule has 1 aliphatic rings. The average molecular weight is 234 g/mol. The molecule has 3 nitrogen and oxygen atoms in total. The van der Waals surface area contributed by atoms with Crippen molar-refractivity contribution < 1.29 is 13.9 Å². The topological polar surface area (TPSA) is 39.4 Å². The largest absolute Gasteiger partial charge is 0.465 e. The molecule has 0 aromatic carbocycles. The fourth-order valence-electron chi connectivity index (χ4n) is 2.32. The maximum absolute atomic E-state index is 11.7. The predicted octanol–water partition coefficient (Wildman–Crippen LogP) is 3.56. The van der Waals surface area contributed by atoms with Gasteiger partial charge in [0.1, 0.15) is 5.76 Å². The molecule has 0 aliphatic heterocycles. The van der Waals surface area contributed by atoms with Crippen molar-refractivity contribution in [1.29, 1.82) is 0 Å². The molecule has 0 atom stereocenters. The summed E-state index contributed by atoms with van der Waals surface area (Å²) in [5.41, 5.74) is -0.140. The maximum Gasteiger partial charge on any atom is 0.334 e. The molecule has 0 N–H and O–H groups in total. The molecule has 1 aromatic rings. The summed E-state index contributed by atoms with van der Waals surface area (Å²) in [6, 6.07) is 3.72. The van der Waals surface area contributed by atoms with Gasteiger partial charge in [0.25, 0.3) is 0 Å². The summed E-state index contributed by atoms with van der Waals surface area (Å²) in [4.78, 5) is 11.7. The van der Waals surface area contributed by atoms with Crippen molar-refractivity contribution in [3.63, 3.8) is 0 Å². The van der Waals surface area contributed by atoms with Crippen LogP contribution in [0.1, 0.15) is 44.8 Å². The van der Waals surface area contributed by atoms with Gasteiger partial charge < -0.3 is 9.15 Å². The highest BCUT2D eigenvalue weighted by Gasteiger charge is 2.40. The Morgan fingerprint density at radius 2 is 2.12 bits per heavy atom. The van der Waals surface area contributed by atoms with Crippen LogP contribution in [0.25, 0.3) is 0 Å². The first kappa shape index (κ1) is 12.0. The Morgan fingerprint density at radius 3 is 2.65 bits per heavy atom. The summed E-state index contributed by atoms with van der Waals surface area (Å²) >= 11 is 0. The van der Waals surface area contributed by atoms with E-state index in [-0.39, 0.29) is 5.97 Å². The molecule has 2 rings (SSSR count). The van der Waals surface area contributed by atoms with Gasteiger partial charge in [-0.15, -0.1) is 0 Å². The van der Waals surface area contributed by atoms with Gasteiger partial charge in [-0.3, -0.25) is 0 Å². The highest BCUT2D eigenvalue weighted by atomic mass is 16.6. The van der Waals surface area contributed by atoms with Crippen LogP contribution in [0.5, 0.6) is 0 Å². The van der Waals surface area contributed by atoms with Gasteiger partial charge in [-0.1, -0.05) is 13.0 Å². The highest BCUT2D eigenvalue weighted by molar-refractivity contribution is 5.87. The van der Waals surface area contributed by atoms with Crippen LogP contribution in [0.15, 0.2) is 35.0 Å². The predicted molar refractivity (Wildman–Crippen MR) is 64.4 cm³/mol. The van der Waals surface area contributed by atoms with Crippen LogP contribution in [0.4, 0.5) is 0 Å². The van der Waals surface area contributed by atoms with Crippen molar-refractivity contribution in [2.24, 2.45) is 0 Å². The molecule has 1 heterocycles. The molecule has 3 heteroatoms. The molecule has 92 valence electrons. The van der Waals surface area contributed by atoms with E-state index in [1.54, 1.807) is 13.2 Å². The van der Waals surface area contributed by atoms with Gasteiger partial charge in [0.2, 0.25) is 0 Å². The zero-order valence-electron chi connectivity index (χ0n) is 10.2. The van der Waals surface area contributed by atoms with Crippen LogP contribution in [0.3, 0.4) is 0 Å². The number of carbonyl (C=O) groups excluding carboxylic acids is 1. The van der Waals surface area contributed by atoms with Gasteiger partial charge in [-0.2, -0.15) is 0 Å². The minimum Gasteiger partial charge on any atom is -0.465 e. The first-order chi connectivity index (χ1) is 8.14. The molecule has 1 aromatic heterocycles. The minimum atomic E-state index is -0.572. The maximum atomic E-state index is 11.7. The number of esters is 1. The molecular formula is C14H18O3. The molecule has 0 saturated heterocycles. The van der Waals surface area contributed by atoms with E-state index in [2.05, 4.69) is 6.58 Å². The zero-order chi connectivity index (χ0) is 12.3. The van der Waals surface area contributed by atoms with Gasteiger partial charge in [0.05, 0.1) is 6.26 Å². The second kappa shape index (κ2) is 4.78. The van der Waals surface area contributed by atoms with Crippen LogP contribution in [0.2, 0.25) is 0 Å². The van der Waals surface area contributed by atoms with Crippen molar-refractivity contribution in [1.82, 2.24) is 0 Å². The Balaban J connectivity index is 2.24. The number of hydrogen-bond donors (Lipinski definition) is 0. The third-order valence-corrected chi connectivity index (χ3v) is 3.27. The van der Waals surface area contributed by atoms with Gasteiger partial charge >= 0.3 is 5.97 Å². The number of furan rings is 1. The Labute approximate surface area is 101 Å². The van der Waals surface area contributed by atoms with Gasteiger partial charge in [-0.25, -0.2) is 4.79 Å². The third-order valence-electron chi connectivity index (χ3n) is 3.27. The third kappa shape index (κ3) is 2.43. The van der Waals surface area contributed by atoms with E-state index in [1.165, 1.54) is 6.42 Å². The van der Waals surface area contributed by atoms with Crippen molar-refractivity contribution in [3.8, 4) is 0 Å². The summed E-state index contributed by atoms with van der Waals surface area (Å²) in [5.74, 6) is 0.426. The van der Waals surface area contributed by atoms with E-state index in [0.29, 0.717) is 5.57 Å². The van der Waals surface area contributed by atoms with Crippen LogP contribution >= 0.6 is 0 Å². The highest BCUT2D eigenvalue weighted by Crippen LogP contribution is 2.41. The summed E-state index contributed by atoms with van der Waals surface area (Å²) in [7, 11) is 0. The summed E-state index contributed by atoms with van der Waals surface area (Å²) in [6.45, 7) is 5.30. The Kier molecular flexibility index (Phi) is 3.36.